The van der Waals surface area contributed by atoms with Crippen molar-refractivity contribution in [3.05, 3.63) is 57.7 Å². The highest BCUT2D eigenvalue weighted by molar-refractivity contribution is 14.1. The molecule has 0 unspecified atom stereocenters. The molecule has 1 aliphatic heterocycles. The first-order valence-electron chi connectivity index (χ1n) is 8.35. The Morgan fingerprint density at radius 3 is 2.30 bits per heavy atom. The van der Waals surface area contributed by atoms with Gasteiger partial charge in [0.15, 0.2) is 5.11 Å². The van der Waals surface area contributed by atoms with E-state index in [2.05, 4.69) is 33.2 Å². The fraction of sp³-hybridized carbons (Fsp3) is 0.222. The summed E-state index contributed by atoms with van der Waals surface area (Å²) in [4.78, 5) is 12.5. The van der Waals surface area contributed by atoms with Crippen LogP contribution in [0.3, 0.4) is 0 Å². The molecule has 0 atom stereocenters. The highest BCUT2D eigenvalue weighted by Gasteiger charge is 2.26. The molecule has 9 heteroatoms. The summed E-state index contributed by atoms with van der Waals surface area (Å²) in [5.74, 6) is -0.300. The van der Waals surface area contributed by atoms with E-state index in [1.165, 1.54) is 4.31 Å². The number of hydrogen-bond donors (Lipinski definition) is 2. The number of halogens is 1. The summed E-state index contributed by atoms with van der Waals surface area (Å²) in [6, 6.07) is 13.5. The SMILES string of the molecule is O=C(NC(=S)Nc1ccc(S(=O)(=O)N2CCCC2)cc1)c1ccccc1I. The van der Waals surface area contributed by atoms with E-state index in [1.807, 2.05) is 12.1 Å². The number of sulfonamides is 1. The van der Waals surface area contributed by atoms with Crippen LogP contribution in [0.4, 0.5) is 5.69 Å². The number of carbonyl (C=O) groups excluding carboxylic acids is 1. The molecule has 1 fully saturated rings. The van der Waals surface area contributed by atoms with Gasteiger partial charge in [0.2, 0.25) is 10.0 Å². The number of amides is 1. The molecule has 1 amide bonds. The average molecular weight is 515 g/mol. The molecule has 0 radical (unpaired) electrons. The topological polar surface area (TPSA) is 78.5 Å². The molecule has 142 valence electrons. The van der Waals surface area contributed by atoms with Crippen LogP contribution in [0.5, 0.6) is 0 Å². The lowest BCUT2D eigenvalue weighted by molar-refractivity contribution is 0.0977. The zero-order chi connectivity index (χ0) is 19.4. The maximum atomic E-state index is 12.5. The van der Waals surface area contributed by atoms with Gasteiger partial charge < -0.3 is 5.32 Å². The van der Waals surface area contributed by atoms with Crippen LogP contribution < -0.4 is 10.6 Å². The van der Waals surface area contributed by atoms with Crippen LogP contribution in [0.15, 0.2) is 53.4 Å². The van der Waals surface area contributed by atoms with Gasteiger partial charge in [0.1, 0.15) is 0 Å². The Hall–Kier alpha value is -1.56. The number of carbonyl (C=O) groups is 1. The molecule has 6 nitrogen and oxygen atoms in total. The Bertz CT molecular complexity index is 956. The predicted octanol–water partition coefficient (Wildman–Crippen LogP) is 3.20. The molecule has 0 saturated carbocycles. The van der Waals surface area contributed by atoms with E-state index >= 15 is 0 Å². The van der Waals surface area contributed by atoms with Crippen LogP contribution in [-0.4, -0.2) is 36.8 Å². The molecule has 0 aliphatic carbocycles. The molecule has 1 heterocycles. The lowest BCUT2D eigenvalue weighted by atomic mass is 10.2. The molecule has 1 saturated heterocycles. The summed E-state index contributed by atoms with van der Waals surface area (Å²) >= 11 is 7.26. The zero-order valence-corrected chi connectivity index (χ0v) is 18.1. The summed E-state index contributed by atoms with van der Waals surface area (Å²) in [7, 11) is -3.44. The Kier molecular flexibility index (Phi) is 6.45. The van der Waals surface area contributed by atoms with Crippen LogP contribution in [0.25, 0.3) is 0 Å². The van der Waals surface area contributed by atoms with Crippen molar-refractivity contribution in [3.8, 4) is 0 Å². The second-order valence-electron chi connectivity index (χ2n) is 6.02. The molecular formula is C18H18IN3O3S2. The van der Waals surface area contributed by atoms with E-state index in [4.69, 9.17) is 12.2 Å². The molecule has 0 aromatic heterocycles. The van der Waals surface area contributed by atoms with Crippen molar-refractivity contribution in [1.29, 1.82) is 0 Å². The minimum Gasteiger partial charge on any atom is -0.332 e. The fourth-order valence-corrected chi connectivity index (χ4v) is 5.13. The second kappa shape index (κ2) is 8.63. The Balaban J connectivity index is 1.63. The van der Waals surface area contributed by atoms with Gasteiger partial charge in [-0.05, 0) is 84.0 Å². The highest BCUT2D eigenvalue weighted by atomic mass is 127. The van der Waals surface area contributed by atoms with Gasteiger partial charge in [0.25, 0.3) is 5.91 Å². The highest BCUT2D eigenvalue weighted by Crippen LogP contribution is 2.22. The van der Waals surface area contributed by atoms with Gasteiger partial charge in [-0.25, -0.2) is 8.42 Å². The predicted molar refractivity (Wildman–Crippen MR) is 117 cm³/mol. The number of nitrogens with zero attached hydrogens (tertiary/aromatic N) is 1. The fourth-order valence-electron chi connectivity index (χ4n) is 2.77. The second-order valence-corrected chi connectivity index (χ2v) is 9.53. The minimum absolute atomic E-state index is 0.148. The summed E-state index contributed by atoms with van der Waals surface area (Å²) < 4.78 is 27.4. The van der Waals surface area contributed by atoms with E-state index in [0.29, 0.717) is 24.3 Å². The largest absolute Gasteiger partial charge is 0.332 e. The molecule has 2 aromatic carbocycles. The van der Waals surface area contributed by atoms with Crippen molar-refractivity contribution in [2.45, 2.75) is 17.7 Å². The van der Waals surface area contributed by atoms with Crippen molar-refractivity contribution in [1.82, 2.24) is 9.62 Å². The van der Waals surface area contributed by atoms with E-state index in [0.717, 1.165) is 16.4 Å². The molecular weight excluding hydrogens is 497 g/mol. The Morgan fingerprint density at radius 1 is 1.04 bits per heavy atom. The van der Waals surface area contributed by atoms with Crippen molar-refractivity contribution >= 4 is 61.5 Å². The maximum absolute atomic E-state index is 12.5. The smallest absolute Gasteiger partial charge is 0.258 e. The zero-order valence-electron chi connectivity index (χ0n) is 14.3. The van der Waals surface area contributed by atoms with Gasteiger partial charge in [0, 0.05) is 22.3 Å². The van der Waals surface area contributed by atoms with Crippen molar-refractivity contribution in [3.63, 3.8) is 0 Å². The number of hydrogen-bond acceptors (Lipinski definition) is 4. The van der Waals surface area contributed by atoms with Gasteiger partial charge >= 0.3 is 0 Å². The molecule has 1 aliphatic rings. The van der Waals surface area contributed by atoms with Crippen molar-refractivity contribution < 1.29 is 13.2 Å². The average Bonchev–Trinajstić information content (AvgIpc) is 3.18. The Labute approximate surface area is 177 Å². The first-order chi connectivity index (χ1) is 12.9. The standard InChI is InChI=1S/C18H18IN3O3S2/c19-16-6-2-1-5-15(16)17(23)21-18(26)20-13-7-9-14(10-8-13)27(24,25)22-11-3-4-12-22/h1-2,5-10H,3-4,11-12H2,(H2,20,21,23,26). The maximum Gasteiger partial charge on any atom is 0.258 e. The van der Waals surface area contributed by atoms with E-state index in [1.54, 1.807) is 36.4 Å². The molecule has 3 rings (SSSR count). The van der Waals surface area contributed by atoms with Crippen LogP contribution >= 0.6 is 34.8 Å². The Morgan fingerprint density at radius 2 is 1.67 bits per heavy atom. The van der Waals surface area contributed by atoms with E-state index < -0.39 is 10.0 Å². The summed E-state index contributed by atoms with van der Waals surface area (Å²) in [5.41, 5.74) is 1.14. The first kappa shape index (κ1) is 20.2. The van der Waals surface area contributed by atoms with E-state index in [9.17, 15) is 13.2 Å². The van der Waals surface area contributed by atoms with Crippen molar-refractivity contribution in [2.24, 2.45) is 0 Å². The number of thiocarbonyl (C=S) groups is 1. The number of nitrogens with one attached hydrogen (secondary N) is 2. The van der Waals surface area contributed by atoms with Crippen LogP contribution in [0, 0.1) is 3.57 Å². The summed E-state index contributed by atoms with van der Waals surface area (Å²) in [5, 5.41) is 5.67. The molecule has 0 bridgehead atoms. The first-order valence-corrected chi connectivity index (χ1v) is 11.3. The molecule has 2 aromatic rings. The summed E-state index contributed by atoms with van der Waals surface area (Å²) in [6.07, 6.45) is 1.79. The minimum atomic E-state index is -3.44. The van der Waals surface area contributed by atoms with Gasteiger partial charge in [-0.1, -0.05) is 12.1 Å². The third-order valence-corrected chi connectivity index (χ3v) is 7.22. The van der Waals surface area contributed by atoms with Crippen LogP contribution in [-0.2, 0) is 10.0 Å². The number of benzene rings is 2. The molecule has 2 N–H and O–H groups in total. The van der Waals surface area contributed by atoms with Crippen LogP contribution in [0.2, 0.25) is 0 Å². The normalized spacial score (nSPS) is 14.7. The third-order valence-electron chi connectivity index (χ3n) is 4.16. The number of anilines is 1. The van der Waals surface area contributed by atoms with E-state index in [-0.39, 0.29) is 15.9 Å². The monoisotopic (exact) mass is 515 g/mol. The van der Waals surface area contributed by atoms with Crippen LogP contribution in [0.1, 0.15) is 23.2 Å². The van der Waals surface area contributed by atoms with Gasteiger partial charge in [-0.3, -0.25) is 10.1 Å². The summed E-state index contributed by atoms with van der Waals surface area (Å²) in [6.45, 7) is 1.13. The lowest BCUT2D eigenvalue weighted by Gasteiger charge is -2.16. The van der Waals surface area contributed by atoms with Gasteiger partial charge in [0.05, 0.1) is 10.5 Å². The lowest BCUT2D eigenvalue weighted by Crippen LogP contribution is -2.34. The number of rotatable bonds is 4. The third kappa shape index (κ3) is 4.84. The molecule has 0 spiro atoms. The van der Waals surface area contributed by atoms with Gasteiger partial charge in [-0.2, -0.15) is 4.31 Å². The van der Waals surface area contributed by atoms with Gasteiger partial charge in [-0.15, -0.1) is 0 Å². The molecule has 27 heavy (non-hydrogen) atoms. The quantitative estimate of drug-likeness (QED) is 0.483. The van der Waals surface area contributed by atoms with Crippen molar-refractivity contribution in [2.75, 3.05) is 18.4 Å².